The molecule has 0 amide bonds. The van der Waals surface area contributed by atoms with E-state index in [1.807, 2.05) is 49.4 Å². The largest absolute Gasteiger partial charge is 0.493 e. The lowest BCUT2D eigenvalue weighted by Gasteiger charge is -2.11. The predicted molar refractivity (Wildman–Crippen MR) is 115 cm³/mol. The highest BCUT2D eigenvalue weighted by molar-refractivity contribution is 5.53. The van der Waals surface area contributed by atoms with E-state index in [1.165, 1.54) is 5.56 Å². The van der Waals surface area contributed by atoms with Gasteiger partial charge in [0.15, 0.2) is 17.3 Å². The van der Waals surface area contributed by atoms with E-state index in [1.54, 1.807) is 7.11 Å². The number of ether oxygens (including phenoxy) is 2. The van der Waals surface area contributed by atoms with Crippen LogP contribution in [0.4, 0.5) is 0 Å². The van der Waals surface area contributed by atoms with Crippen LogP contribution in [0.25, 0.3) is 11.5 Å². The molecule has 31 heavy (non-hydrogen) atoms. The van der Waals surface area contributed by atoms with Gasteiger partial charge < -0.3 is 13.9 Å². The summed E-state index contributed by atoms with van der Waals surface area (Å²) in [5.41, 5.74) is 2.91. The number of aromatic nitrogens is 5. The molecule has 0 aliphatic rings. The topological polar surface area (TPSA) is 99.0 Å². The zero-order valence-electron chi connectivity index (χ0n) is 17.7. The second kappa shape index (κ2) is 9.88. The molecular formula is C23H25N5O3. The first-order chi connectivity index (χ1) is 15.2. The number of nitrogens with one attached hydrogen (secondary N) is 1. The fourth-order valence-electron chi connectivity index (χ4n) is 3.30. The zero-order chi connectivity index (χ0) is 21.5. The van der Waals surface area contributed by atoms with E-state index >= 15 is 0 Å². The van der Waals surface area contributed by atoms with E-state index in [0.29, 0.717) is 24.0 Å². The van der Waals surface area contributed by atoms with Gasteiger partial charge in [-0.1, -0.05) is 29.5 Å². The number of hydrogen-bond donors (Lipinski definition) is 1. The van der Waals surface area contributed by atoms with Crippen LogP contribution in [-0.4, -0.2) is 32.7 Å². The van der Waals surface area contributed by atoms with Gasteiger partial charge in [0.1, 0.15) is 18.1 Å². The van der Waals surface area contributed by atoms with Crippen LogP contribution in [0.1, 0.15) is 35.7 Å². The first-order valence-electron chi connectivity index (χ1n) is 10.3. The quantitative estimate of drug-likeness (QED) is 0.382. The van der Waals surface area contributed by atoms with Gasteiger partial charge in [0, 0.05) is 12.0 Å². The summed E-state index contributed by atoms with van der Waals surface area (Å²) in [6.45, 7) is 2.20. The van der Waals surface area contributed by atoms with Crippen LogP contribution in [0.3, 0.4) is 0 Å². The highest BCUT2D eigenvalue weighted by Gasteiger charge is 2.13. The zero-order valence-corrected chi connectivity index (χ0v) is 17.7. The first kappa shape index (κ1) is 20.6. The number of oxazole rings is 1. The molecule has 8 nitrogen and oxygen atoms in total. The third-order valence-electron chi connectivity index (χ3n) is 5.01. The van der Waals surface area contributed by atoms with Gasteiger partial charge in [-0.3, -0.25) is 0 Å². The standard InChI is InChI=1S/C23H25N5O3/c1-16-19(24-23(31-16)18-9-4-3-5-10-18)15-30-20-13-12-17(14-21(20)29-2)8-6-7-11-22-25-27-28-26-22/h3-5,9-10,12-14H,6-8,11,15H2,1-2H3,(H,25,26,27,28). The van der Waals surface area contributed by atoms with Gasteiger partial charge in [0.25, 0.3) is 0 Å². The maximum atomic E-state index is 6.00. The van der Waals surface area contributed by atoms with Gasteiger partial charge in [-0.15, -0.1) is 10.2 Å². The molecule has 0 atom stereocenters. The van der Waals surface area contributed by atoms with Crippen LogP contribution < -0.4 is 9.47 Å². The summed E-state index contributed by atoms with van der Waals surface area (Å²) < 4.78 is 17.4. The number of aryl methyl sites for hydroxylation is 3. The Hall–Kier alpha value is -3.68. The predicted octanol–water partition coefficient (Wildman–Crippen LogP) is 4.32. The first-order valence-corrected chi connectivity index (χ1v) is 10.3. The summed E-state index contributed by atoms with van der Waals surface area (Å²) in [5, 5.41) is 14.0. The maximum Gasteiger partial charge on any atom is 0.226 e. The van der Waals surface area contributed by atoms with Crippen molar-refractivity contribution in [3.63, 3.8) is 0 Å². The lowest BCUT2D eigenvalue weighted by molar-refractivity contribution is 0.279. The molecule has 4 rings (SSSR count). The number of unbranched alkanes of at least 4 members (excludes halogenated alkanes) is 1. The van der Waals surface area contributed by atoms with Gasteiger partial charge in [-0.2, -0.15) is 5.21 Å². The Balaban J connectivity index is 1.35. The van der Waals surface area contributed by atoms with Crippen molar-refractivity contribution in [3.8, 4) is 23.0 Å². The second-order valence-electron chi connectivity index (χ2n) is 7.20. The number of benzene rings is 2. The van der Waals surface area contributed by atoms with Crippen LogP contribution in [0.2, 0.25) is 0 Å². The molecule has 0 aliphatic carbocycles. The lowest BCUT2D eigenvalue weighted by Crippen LogP contribution is -2.00. The Morgan fingerprint density at radius 2 is 1.84 bits per heavy atom. The summed E-state index contributed by atoms with van der Waals surface area (Å²) in [6.07, 6.45) is 3.78. The van der Waals surface area contributed by atoms with Gasteiger partial charge in [-0.25, -0.2) is 4.98 Å². The molecule has 0 radical (unpaired) electrons. The molecule has 160 valence electrons. The van der Waals surface area contributed by atoms with Gasteiger partial charge in [0.05, 0.1) is 7.11 Å². The van der Waals surface area contributed by atoms with Crippen molar-refractivity contribution in [1.29, 1.82) is 0 Å². The van der Waals surface area contributed by atoms with E-state index in [-0.39, 0.29) is 0 Å². The Bertz CT molecular complexity index is 1090. The van der Waals surface area contributed by atoms with E-state index in [0.717, 1.165) is 48.5 Å². The van der Waals surface area contributed by atoms with Crippen LogP contribution in [0, 0.1) is 6.92 Å². The minimum Gasteiger partial charge on any atom is -0.493 e. The minimum absolute atomic E-state index is 0.308. The Morgan fingerprint density at radius 3 is 2.61 bits per heavy atom. The van der Waals surface area contributed by atoms with E-state index in [9.17, 15) is 0 Å². The van der Waals surface area contributed by atoms with Crippen molar-refractivity contribution in [2.24, 2.45) is 0 Å². The van der Waals surface area contributed by atoms with E-state index < -0.39 is 0 Å². The third-order valence-corrected chi connectivity index (χ3v) is 5.01. The van der Waals surface area contributed by atoms with Gasteiger partial charge in [-0.05, 0) is 56.0 Å². The number of methoxy groups -OCH3 is 1. The molecule has 1 N–H and O–H groups in total. The normalized spacial score (nSPS) is 10.9. The Morgan fingerprint density at radius 1 is 1.00 bits per heavy atom. The number of rotatable bonds is 10. The Kier molecular flexibility index (Phi) is 6.56. The number of H-pyrrole nitrogens is 1. The monoisotopic (exact) mass is 419 g/mol. The summed E-state index contributed by atoms with van der Waals surface area (Å²) in [5.74, 6) is 3.48. The van der Waals surface area contributed by atoms with E-state index in [4.69, 9.17) is 13.9 Å². The maximum absolute atomic E-state index is 6.00. The number of aromatic amines is 1. The van der Waals surface area contributed by atoms with Crippen molar-refractivity contribution in [1.82, 2.24) is 25.6 Å². The highest BCUT2D eigenvalue weighted by atomic mass is 16.5. The smallest absolute Gasteiger partial charge is 0.226 e. The summed E-state index contributed by atoms with van der Waals surface area (Å²) in [4.78, 5) is 4.59. The highest BCUT2D eigenvalue weighted by Crippen LogP contribution is 2.30. The summed E-state index contributed by atoms with van der Waals surface area (Å²) in [7, 11) is 1.65. The number of tetrazole rings is 1. The molecule has 0 saturated carbocycles. The van der Waals surface area contributed by atoms with Gasteiger partial charge in [0.2, 0.25) is 5.89 Å². The van der Waals surface area contributed by atoms with Crippen LogP contribution >= 0.6 is 0 Å². The molecule has 0 saturated heterocycles. The van der Waals surface area contributed by atoms with Crippen LogP contribution in [0.5, 0.6) is 11.5 Å². The molecule has 0 bridgehead atoms. The van der Waals surface area contributed by atoms with Crippen molar-refractivity contribution >= 4 is 0 Å². The molecule has 4 aromatic rings. The van der Waals surface area contributed by atoms with Crippen molar-refractivity contribution in [3.05, 3.63) is 71.4 Å². The summed E-state index contributed by atoms with van der Waals surface area (Å²) in [6, 6.07) is 15.9. The molecule has 2 aromatic heterocycles. The van der Waals surface area contributed by atoms with Crippen molar-refractivity contribution < 1.29 is 13.9 Å². The molecule has 0 aliphatic heterocycles. The molecule has 0 unspecified atom stereocenters. The average Bonchev–Trinajstić information content (AvgIpc) is 3.46. The average molecular weight is 419 g/mol. The Labute approximate surface area is 180 Å². The molecule has 8 heteroatoms. The van der Waals surface area contributed by atoms with Crippen LogP contribution in [-0.2, 0) is 19.4 Å². The second-order valence-corrected chi connectivity index (χ2v) is 7.20. The minimum atomic E-state index is 0.308. The molecule has 2 heterocycles. The SMILES string of the molecule is COc1cc(CCCCc2nn[nH]n2)ccc1OCc1nc(-c2ccccc2)oc1C. The van der Waals surface area contributed by atoms with Gasteiger partial charge >= 0.3 is 0 Å². The molecular weight excluding hydrogens is 394 g/mol. The molecule has 0 fully saturated rings. The lowest BCUT2D eigenvalue weighted by atomic mass is 10.1. The van der Waals surface area contributed by atoms with Crippen molar-refractivity contribution in [2.75, 3.05) is 7.11 Å². The summed E-state index contributed by atoms with van der Waals surface area (Å²) >= 11 is 0. The van der Waals surface area contributed by atoms with Crippen molar-refractivity contribution in [2.45, 2.75) is 39.2 Å². The number of hydrogen-bond acceptors (Lipinski definition) is 7. The third kappa shape index (κ3) is 5.28. The van der Waals surface area contributed by atoms with Crippen LogP contribution in [0.15, 0.2) is 52.9 Å². The molecule has 0 spiro atoms. The number of nitrogens with zero attached hydrogens (tertiary/aromatic N) is 4. The fraction of sp³-hybridized carbons (Fsp3) is 0.304. The fourth-order valence-corrected chi connectivity index (χ4v) is 3.30. The molecule has 2 aromatic carbocycles. The van der Waals surface area contributed by atoms with E-state index in [2.05, 4.69) is 31.7 Å².